The average molecular weight is 390 g/mol. The Morgan fingerprint density at radius 2 is 1.83 bits per heavy atom. The van der Waals surface area contributed by atoms with Crippen LogP contribution in [-0.2, 0) is 20.7 Å². The van der Waals surface area contributed by atoms with Crippen molar-refractivity contribution in [3.8, 4) is 11.5 Å². The first-order valence-electron chi connectivity index (χ1n) is 6.98. The first kappa shape index (κ1) is 19.1. The quantitative estimate of drug-likeness (QED) is 0.543. The minimum atomic E-state index is -0.656. The predicted molar refractivity (Wildman–Crippen MR) is 86.7 cm³/mol. The average Bonchev–Trinajstić information content (AvgIpc) is 2.55. The molecule has 7 nitrogen and oxygen atoms in total. The Bertz CT molecular complexity index is 549. The van der Waals surface area contributed by atoms with Crippen LogP contribution in [0, 0.1) is 0 Å². The van der Waals surface area contributed by atoms with Gasteiger partial charge in [-0.2, -0.15) is 0 Å². The summed E-state index contributed by atoms with van der Waals surface area (Å²) in [5, 5.41) is 2.57. The number of halogens is 1. The van der Waals surface area contributed by atoms with Crippen molar-refractivity contribution in [2.24, 2.45) is 0 Å². The fraction of sp³-hybridized carbons (Fsp3) is 0.467. The fourth-order valence-electron chi connectivity index (χ4n) is 1.72. The standard InChI is InChI=1S/C15H20BrNO6/c1-4-14(18)22-9-23-15(19)17-6-5-10-7-13(21-3)11(16)8-12(10)20-2/h7-8H,4-6,9H2,1-3H3,(H,17,19). The number of hydrogen-bond donors (Lipinski definition) is 1. The number of alkyl carbamates (subject to hydrolysis) is 1. The van der Waals surface area contributed by atoms with E-state index in [1.807, 2.05) is 6.07 Å². The summed E-state index contributed by atoms with van der Waals surface area (Å²) in [7, 11) is 3.14. The number of esters is 1. The molecule has 0 atom stereocenters. The molecule has 0 radical (unpaired) electrons. The first-order chi connectivity index (χ1) is 11.0. The van der Waals surface area contributed by atoms with Crippen LogP contribution in [0.1, 0.15) is 18.9 Å². The molecule has 1 aromatic carbocycles. The lowest BCUT2D eigenvalue weighted by Crippen LogP contribution is -2.27. The number of carbonyl (C=O) groups excluding carboxylic acids is 2. The molecule has 0 bridgehead atoms. The van der Waals surface area contributed by atoms with Crippen molar-refractivity contribution in [3.05, 3.63) is 22.2 Å². The smallest absolute Gasteiger partial charge is 0.410 e. The second-order valence-electron chi connectivity index (χ2n) is 4.39. The SMILES string of the molecule is CCC(=O)OCOC(=O)NCCc1cc(OC)c(Br)cc1OC. The van der Waals surface area contributed by atoms with Gasteiger partial charge in [-0.05, 0) is 40.0 Å². The first-order valence-corrected chi connectivity index (χ1v) is 7.77. The Balaban J connectivity index is 2.46. The largest absolute Gasteiger partial charge is 0.496 e. The summed E-state index contributed by atoms with van der Waals surface area (Å²) >= 11 is 3.38. The van der Waals surface area contributed by atoms with Crippen molar-refractivity contribution in [1.82, 2.24) is 5.32 Å². The lowest BCUT2D eigenvalue weighted by atomic mass is 10.1. The highest BCUT2D eigenvalue weighted by Gasteiger charge is 2.10. The normalized spacial score (nSPS) is 9.91. The van der Waals surface area contributed by atoms with E-state index in [9.17, 15) is 9.59 Å². The van der Waals surface area contributed by atoms with E-state index in [1.54, 1.807) is 27.2 Å². The van der Waals surface area contributed by atoms with Crippen LogP contribution in [0.3, 0.4) is 0 Å². The molecule has 0 aliphatic rings. The maximum atomic E-state index is 11.4. The summed E-state index contributed by atoms with van der Waals surface area (Å²) in [6.07, 6.45) is 0.101. The van der Waals surface area contributed by atoms with Crippen LogP contribution in [0.5, 0.6) is 11.5 Å². The van der Waals surface area contributed by atoms with Gasteiger partial charge in [-0.3, -0.25) is 4.79 Å². The van der Waals surface area contributed by atoms with Crippen LogP contribution < -0.4 is 14.8 Å². The van der Waals surface area contributed by atoms with E-state index in [4.69, 9.17) is 14.2 Å². The van der Waals surface area contributed by atoms with Crippen LogP contribution in [0.25, 0.3) is 0 Å². The molecule has 128 valence electrons. The second-order valence-corrected chi connectivity index (χ2v) is 5.25. The van der Waals surface area contributed by atoms with Crippen molar-refractivity contribution in [3.63, 3.8) is 0 Å². The third-order valence-electron chi connectivity index (χ3n) is 2.92. The molecule has 23 heavy (non-hydrogen) atoms. The zero-order chi connectivity index (χ0) is 17.2. The van der Waals surface area contributed by atoms with Gasteiger partial charge < -0.3 is 24.3 Å². The Kier molecular flexibility index (Phi) is 8.25. The van der Waals surface area contributed by atoms with Gasteiger partial charge in [0, 0.05) is 13.0 Å². The number of methoxy groups -OCH3 is 2. The third kappa shape index (κ3) is 6.35. The highest BCUT2D eigenvalue weighted by Crippen LogP contribution is 2.32. The third-order valence-corrected chi connectivity index (χ3v) is 3.54. The summed E-state index contributed by atoms with van der Waals surface area (Å²) in [5.41, 5.74) is 0.880. The Morgan fingerprint density at radius 1 is 1.13 bits per heavy atom. The van der Waals surface area contributed by atoms with E-state index in [2.05, 4.69) is 26.0 Å². The molecular formula is C15H20BrNO6. The number of benzene rings is 1. The molecule has 0 heterocycles. The number of ether oxygens (including phenoxy) is 4. The van der Waals surface area contributed by atoms with Crippen LogP contribution in [-0.4, -0.2) is 39.6 Å². The maximum Gasteiger partial charge on any atom is 0.410 e. The lowest BCUT2D eigenvalue weighted by molar-refractivity contribution is -0.151. The van der Waals surface area contributed by atoms with E-state index in [0.29, 0.717) is 24.5 Å². The Morgan fingerprint density at radius 3 is 2.43 bits per heavy atom. The molecule has 1 N–H and O–H groups in total. The second kappa shape index (κ2) is 9.94. The van der Waals surface area contributed by atoms with Gasteiger partial charge in [0.15, 0.2) is 0 Å². The zero-order valence-electron chi connectivity index (χ0n) is 13.3. The van der Waals surface area contributed by atoms with Crippen molar-refractivity contribution in [2.75, 3.05) is 27.6 Å². The van der Waals surface area contributed by atoms with Gasteiger partial charge in [0.25, 0.3) is 0 Å². The highest BCUT2D eigenvalue weighted by molar-refractivity contribution is 9.10. The summed E-state index contributed by atoms with van der Waals surface area (Å²) in [4.78, 5) is 22.3. The van der Waals surface area contributed by atoms with Gasteiger partial charge in [-0.15, -0.1) is 0 Å². The molecular weight excluding hydrogens is 370 g/mol. The lowest BCUT2D eigenvalue weighted by Gasteiger charge is -2.13. The van der Waals surface area contributed by atoms with Gasteiger partial charge in [0.1, 0.15) is 11.5 Å². The van der Waals surface area contributed by atoms with Gasteiger partial charge in [-0.1, -0.05) is 6.92 Å². The fourth-order valence-corrected chi connectivity index (χ4v) is 2.20. The number of nitrogens with one attached hydrogen (secondary N) is 1. The molecule has 1 rings (SSSR count). The molecule has 0 saturated carbocycles. The van der Waals surface area contributed by atoms with E-state index in [1.165, 1.54) is 0 Å². The molecule has 0 aliphatic carbocycles. The van der Waals surface area contributed by atoms with Crippen LogP contribution >= 0.6 is 15.9 Å². The molecule has 8 heteroatoms. The van der Waals surface area contributed by atoms with E-state index in [0.717, 1.165) is 10.0 Å². The molecule has 0 aliphatic heterocycles. The summed E-state index contributed by atoms with van der Waals surface area (Å²) in [6, 6.07) is 3.63. The Hall–Kier alpha value is -1.96. The number of carbonyl (C=O) groups is 2. The molecule has 0 unspecified atom stereocenters. The van der Waals surface area contributed by atoms with Crippen molar-refractivity contribution in [2.45, 2.75) is 19.8 Å². The molecule has 0 fully saturated rings. The van der Waals surface area contributed by atoms with E-state index < -0.39 is 18.9 Å². The monoisotopic (exact) mass is 389 g/mol. The van der Waals surface area contributed by atoms with Crippen molar-refractivity contribution >= 4 is 28.0 Å². The van der Waals surface area contributed by atoms with Crippen LogP contribution in [0.4, 0.5) is 4.79 Å². The summed E-state index contributed by atoms with van der Waals surface area (Å²) < 4.78 is 20.7. The number of amides is 1. The molecule has 0 saturated heterocycles. The molecule has 1 aromatic rings. The van der Waals surface area contributed by atoms with Crippen LogP contribution in [0.2, 0.25) is 0 Å². The maximum absolute atomic E-state index is 11.4. The highest BCUT2D eigenvalue weighted by atomic mass is 79.9. The van der Waals surface area contributed by atoms with Gasteiger partial charge in [0.2, 0.25) is 6.79 Å². The predicted octanol–water partition coefficient (Wildman–Crippen LogP) is 2.65. The summed E-state index contributed by atoms with van der Waals surface area (Å²) in [5.74, 6) is 0.934. The van der Waals surface area contributed by atoms with Crippen molar-refractivity contribution < 1.29 is 28.5 Å². The molecule has 1 amide bonds. The van der Waals surface area contributed by atoms with Gasteiger partial charge >= 0.3 is 12.1 Å². The topological polar surface area (TPSA) is 83.1 Å². The number of rotatable bonds is 8. The van der Waals surface area contributed by atoms with E-state index >= 15 is 0 Å². The van der Waals surface area contributed by atoms with Crippen molar-refractivity contribution in [1.29, 1.82) is 0 Å². The minimum Gasteiger partial charge on any atom is -0.496 e. The molecule has 0 spiro atoms. The zero-order valence-corrected chi connectivity index (χ0v) is 14.9. The Labute approximate surface area is 143 Å². The van der Waals surface area contributed by atoms with Gasteiger partial charge in [-0.25, -0.2) is 4.79 Å². The minimum absolute atomic E-state index is 0.232. The van der Waals surface area contributed by atoms with E-state index in [-0.39, 0.29) is 6.42 Å². The van der Waals surface area contributed by atoms with Gasteiger partial charge in [0.05, 0.1) is 18.7 Å². The number of hydrogen-bond acceptors (Lipinski definition) is 6. The van der Waals surface area contributed by atoms with Crippen LogP contribution in [0.15, 0.2) is 16.6 Å². The molecule has 0 aromatic heterocycles. The summed E-state index contributed by atoms with van der Waals surface area (Å²) in [6.45, 7) is 1.60.